The summed E-state index contributed by atoms with van der Waals surface area (Å²) in [7, 11) is 4.49. The molecule has 0 saturated heterocycles. The molecule has 0 atom stereocenters. The lowest BCUT2D eigenvalue weighted by molar-refractivity contribution is -0.126. The molecule has 0 aliphatic carbocycles. The van der Waals surface area contributed by atoms with E-state index in [-0.39, 0.29) is 12.3 Å². The number of hydrogen-bond donors (Lipinski definition) is 2. The molecule has 24 heavy (non-hydrogen) atoms. The van der Waals surface area contributed by atoms with E-state index >= 15 is 0 Å². The van der Waals surface area contributed by atoms with Crippen LogP contribution in [0.4, 0.5) is 5.69 Å². The van der Waals surface area contributed by atoms with Crippen molar-refractivity contribution in [2.75, 3.05) is 33.2 Å². The molecule has 0 aromatic heterocycles. The molecule has 0 saturated carbocycles. The normalized spacial score (nSPS) is 10.0. The summed E-state index contributed by atoms with van der Waals surface area (Å²) in [4.78, 5) is 23.7. The van der Waals surface area contributed by atoms with E-state index in [1.54, 1.807) is 12.1 Å². The molecule has 0 heterocycles. The third-order valence-electron chi connectivity index (χ3n) is 3.37. The van der Waals surface area contributed by atoms with Gasteiger partial charge in [-0.05, 0) is 6.42 Å². The summed E-state index contributed by atoms with van der Waals surface area (Å²) in [5.41, 5.74) is 0.466. The lowest BCUT2D eigenvalue weighted by Crippen LogP contribution is -2.28. The zero-order chi connectivity index (χ0) is 17.9. The highest BCUT2D eigenvalue weighted by Gasteiger charge is 2.15. The van der Waals surface area contributed by atoms with Crippen molar-refractivity contribution >= 4 is 17.5 Å². The van der Waals surface area contributed by atoms with Crippen molar-refractivity contribution in [3.05, 3.63) is 12.1 Å². The second-order valence-corrected chi connectivity index (χ2v) is 5.20. The highest BCUT2D eigenvalue weighted by atomic mass is 16.5. The molecule has 7 heteroatoms. The van der Waals surface area contributed by atoms with Crippen molar-refractivity contribution in [3.8, 4) is 17.2 Å². The summed E-state index contributed by atoms with van der Waals surface area (Å²) >= 11 is 0. The van der Waals surface area contributed by atoms with Crippen LogP contribution in [0.5, 0.6) is 17.2 Å². The third kappa shape index (κ3) is 5.98. The molecule has 0 bridgehead atoms. The monoisotopic (exact) mass is 338 g/mol. The van der Waals surface area contributed by atoms with E-state index in [1.807, 2.05) is 0 Å². The smallest absolute Gasteiger partial charge is 0.233 e. The number of rotatable bonds is 10. The predicted octanol–water partition coefficient (Wildman–Crippen LogP) is 2.35. The van der Waals surface area contributed by atoms with Gasteiger partial charge in [0.2, 0.25) is 17.6 Å². The van der Waals surface area contributed by atoms with Gasteiger partial charge in [0, 0.05) is 24.4 Å². The minimum atomic E-state index is -0.405. The largest absolute Gasteiger partial charge is 0.493 e. The molecule has 0 aliphatic rings. The van der Waals surface area contributed by atoms with Crippen LogP contribution in [0, 0.1) is 0 Å². The van der Waals surface area contributed by atoms with Gasteiger partial charge in [-0.3, -0.25) is 9.59 Å². The van der Waals surface area contributed by atoms with Crippen LogP contribution in [-0.2, 0) is 9.59 Å². The van der Waals surface area contributed by atoms with E-state index in [9.17, 15) is 9.59 Å². The Morgan fingerprint density at radius 1 is 0.958 bits per heavy atom. The first-order chi connectivity index (χ1) is 11.5. The van der Waals surface area contributed by atoms with Crippen LogP contribution < -0.4 is 24.8 Å². The van der Waals surface area contributed by atoms with E-state index in [4.69, 9.17) is 14.2 Å². The van der Waals surface area contributed by atoms with Crippen LogP contribution in [0.1, 0.15) is 32.6 Å². The number of anilines is 1. The molecule has 2 N–H and O–H groups in total. The van der Waals surface area contributed by atoms with Gasteiger partial charge in [-0.2, -0.15) is 0 Å². The van der Waals surface area contributed by atoms with Crippen molar-refractivity contribution in [1.82, 2.24) is 5.32 Å². The predicted molar refractivity (Wildman–Crippen MR) is 91.9 cm³/mol. The number of ether oxygens (including phenoxy) is 3. The lowest BCUT2D eigenvalue weighted by atomic mass is 10.2. The summed E-state index contributed by atoms with van der Waals surface area (Å²) in [5.74, 6) is 0.590. The summed E-state index contributed by atoms with van der Waals surface area (Å²) in [5, 5.41) is 5.39. The minimum absolute atomic E-state index is 0.233. The van der Waals surface area contributed by atoms with Crippen LogP contribution in [0.3, 0.4) is 0 Å². The Morgan fingerprint density at radius 3 is 2.08 bits per heavy atom. The number of nitrogens with one attached hydrogen (secondary N) is 2. The van der Waals surface area contributed by atoms with Crippen molar-refractivity contribution in [2.45, 2.75) is 32.6 Å². The maximum Gasteiger partial charge on any atom is 0.233 e. The Labute approximate surface area is 142 Å². The molecule has 0 unspecified atom stereocenters. The fourth-order valence-corrected chi connectivity index (χ4v) is 2.17. The molecule has 0 spiro atoms. The molecule has 2 amide bonds. The number of methoxy groups -OCH3 is 3. The lowest BCUT2D eigenvalue weighted by Gasteiger charge is -2.14. The van der Waals surface area contributed by atoms with Gasteiger partial charge in [0.25, 0.3) is 0 Å². The molecule has 0 radical (unpaired) electrons. The zero-order valence-corrected chi connectivity index (χ0v) is 14.7. The van der Waals surface area contributed by atoms with E-state index in [0.29, 0.717) is 29.5 Å². The van der Waals surface area contributed by atoms with Crippen LogP contribution in [0.25, 0.3) is 0 Å². The second-order valence-electron chi connectivity index (χ2n) is 5.20. The maximum absolute atomic E-state index is 12.0. The van der Waals surface area contributed by atoms with Gasteiger partial charge in [0.1, 0.15) is 6.42 Å². The topological polar surface area (TPSA) is 85.9 Å². The average Bonchev–Trinajstić information content (AvgIpc) is 2.57. The van der Waals surface area contributed by atoms with Crippen LogP contribution in [0.15, 0.2) is 12.1 Å². The number of carbonyl (C=O) groups excluding carboxylic acids is 2. The Balaban J connectivity index is 2.65. The maximum atomic E-state index is 12.0. The summed E-state index contributed by atoms with van der Waals surface area (Å²) in [6, 6.07) is 3.22. The number of benzene rings is 1. The van der Waals surface area contributed by atoms with E-state index in [0.717, 1.165) is 19.3 Å². The molecule has 134 valence electrons. The van der Waals surface area contributed by atoms with Gasteiger partial charge in [-0.1, -0.05) is 19.8 Å². The molecule has 0 aliphatic heterocycles. The van der Waals surface area contributed by atoms with Gasteiger partial charge < -0.3 is 24.8 Å². The van der Waals surface area contributed by atoms with Crippen molar-refractivity contribution in [2.24, 2.45) is 0 Å². The molecule has 0 fully saturated rings. The van der Waals surface area contributed by atoms with Crippen molar-refractivity contribution in [3.63, 3.8) is 0 Å². The van der Waals surface area contributed by atoms with Gasteiger partial charge in [0.15, 0.2) is 11.5 Å². The van der Waals surface area contributed by atoms with E-state index in [1.165, 1.54) is 21.3 Å². The Bertz CT molecular complexity index is 535. The quantitative estimate of drug-likeness (QED) is 0.505. The first-order valence-corrected chi connectivity index (χ1v) is 7.92. The Morgan fingerprint density at radius 2 is 1.58 bits per heavy atom. The summed E-state index contributed by atoms with van der Waals surface area (Å²) in [6.45, 7) is 2.68. The third-order valence-corrected chi connectivity index (χ3v) is 3.37. The summed E-state index contributed by atoms with van der Waals surface area (Å²) < 4.78 is 15.7. The van der Waals surface area contributed by atoms with Gasteiger partial charge >= 0.3 is 0 Å². The first-order valence-electron chi connectivity index (χ1n) is 7.92. The number of amides is 2. The number of hydrogen-bond acceptors (Lipinski definition) is 5. The van der Waals surface area contributed by atoms with Crippen LogP contribution in [-0.4, -0.2) is 39.7 Å². The number of carbonyl (C=O) groups is 2. The van der Waals surface area contributed by atoms with Crippen LogP contribution in [0.2, 0.25) is 0 Å². The molecule has 1 aromatic rings. The fraction of sp³-hybridized carbons (Fsp3) is 0.529. The zero-order valence-electron chi connectivity index (χ0n) is 14.7. The number of unbranched alkanes of at least 4 members (excludes halogenated alkanes) is 2. The SMILES string of the molecule is CCCCCNC(=O)CC(=O)Nc1cc(OC)c(OC)c(OC)c1. The Hall–Kier alpha value is -2.44. The standard InChI is InChI=1S/C17H26N2O5/c1-5-6-7-8-18-15(20)11-16(21)19-12-9-13(22-2)17(24-4)14(10-12)23-3/h9-10H,5-8,11H2,1-4H3,(H,18,20)(H,19,21). The molecule has 1 aromatic carbocycles. The molecular weight excluding hydrogens is 312 g/mol. The van der Waals surface area contributed by atoms with Crippen LogP contribution >= 0.6 is 0 Å². The Kier molecular flexibility index (Phi) is 8.46. The highest BCUT2D eigenvalue weighted by molar-refractivity contribution is 6.03. The minimum Gasteiger partial charge on any atom is -0.493 e. The average molecular weight is 338 g/mol. The highest BCUT2D eigenvalue weighted by Crippen LogP contribution is 2.39. The second kappa shape index (κ2) is 10.4. The van der Waals surface area contributed by atoms with E-state index < -0.39 is 5.91 Å². The molecular formula is C17H26N2O5. The first kappa shape index (κ1) is 19.6. The van der Waals surface area contributed by atoms with Gasteiger partial charge in [-0.15, -0.1) is 0 Å². The fourth-order valence-electron chi connectivity index (χ4n) is 2.17. The van der Waals surface area contributed by atoms with Crippen molar-refractivity contribution < 1.29 is 23.8 Å². The van der Waals surface area contributed by atoms with Gasteiger partial charge in [-0.25, -0.2) is 0 Å². The van der Waals surface area contributed by atoms with E-state index in [2.05, 4.69) is 17.6 Å². The molecule has 1 rings (SSSR count). The van der Waals surface area contributed by atoms with Crippen molar-refractivity contribution in [1.29, 1.82) is 0 Å². The summed E-state index contributed by atoms with van der Waals surface area (Å²) in [6.07, 6.45) is 2.81. The molecule has 7 nitrogen and oxygen atoms in total. The van der Waals surface area contributed by atoms with Gasteiger partial charge in [0.05, 0.1) is 21.3 Å².